The minimum absolute atomic E-state index is 0.568. The summed E-state index contributed by atoms with van der Waals surface area (Å²) in [5.41, 5.74) is 2.16. The lowest BCUT2D eigenvalue weighted by atomic mass is 10.1. The summed E-state index contributed by atoms with van der Waals surface area (Å²) in [5, 5.41) is 10.2. The summed E-state index contributed by atoms with van der Waals surface area (Å²) >= 11 is 0. The minimum atomic E-state index is 0.568. The van der Waals surface area contributed by atoms with Gasteiger partial charge in [0.2, 0.25) is 0 Å². The number of fused-ring (bicyclic) bond motifs is 1. The van der Waals surface area contributed by atoms with Crippen molar-refractivity contribution in [2.45, 2.75) is 0 Å². The Morgan fingerprint density at radius 2 is 2.22 bits per heavy atom. The molecular formula is C14H10N2O2. The van der Waals surface area contributed by atoms with E-state index in [4.69, 9.17) is 9.15 Å². The van der Waals surface area contributed by atoms with E-state index in [1.165, 1.54) is 0 Å². The van der Waals surface area contributed by atoms with Crippen molar-refractivity contribution in [3.63, 3.8) is 0 Å². The highest BCUT2D eigenvalue weighted by atomic mass is 16.5. The van der Waals surface area contributed by atoms with Crippen molar-refractivity contribution in [1.29, 1.82) is 5.26 Å². The summed E-state index contributed by atoms with van der Waals surface area (Å²) in [7, 11) is 1.60. The number of furan rings is 1. The average Bonchev–Trinajstić information content (AvgIpc) is 3.04. The van der Waals surface area contributed by atoms with E-state index < -0.39 is 0 Å². The topological polar surface area (TPSA) is 61.9 Å². The molecule has 1 N–H and O–H groups in total. The molecule has 0 fully saturated rings. The van der Waals surface area contributed by atoms with Gasteiger partial charge < -0.3 is 14.1 Å². The second-order valence-corrected chi connectivity index (χ2v) is 3.88. The van der Waals surface area contributed by atoms with Crippen molar-refractivity contribution >= 4 is 10.9 Å². The normalized spacial score (nSPS) is 10.4. The lowest BCUT2D eigenvalue weighted by Crippen LogP contribution is -1.81. The van der Waals surface area contributed by atoms with Gasteiger partial charge in [-0.3, -0.25) is 0 Å². The van der Waals surface area contributed by atoms with Crippen LogP contribution in [-0.4, -0.2) is 12.1 Å². The standard InChI is InChI=1S/C14H10N2O2/c1-17-9-4-5-12-10(7-9)11(8-15)14(16-12)13-3-2-6-18-13/h2-7,16H,1H3. The van der Waals surface area contributed by atoms with Crippen LogP contribution < -0.4 is 4.74 Å². The van der Waals surface area contributed by atoms with Gasteiger partial charge in [0.1, 0.15) is 17.5 Å². The summed E-state index contributed by atoms with van der Waals surface area (Å²) < 4.78 is 10.5. The Morgan fingerprint density at radius 1 is 1.33 bits per heavy atom. The van der Waals surface area contributed by atoms with Gasteiger partial charge in [-0.25, -0.2) is 0 Å². The molecule has 3 aromatic rings. The highest BCUT2D eigenvalue weighted by molar-refractivity contribution is 5.93. The number of methoxy groups -OCH3 is 1. The predicted octanol–water partition coefficient (Wildman–Crippen LogP) is 3.31. The molecule has 0 atom stereocenters. The number of aromatic nitrogens is 1. The highest BCUT2D eigenvalue weighted by Crippen LogP contribution is 2.31. The fourth-order valence-corrected chi connectivity index (χ4v) is 2.02. The van der Waals surface area contributed by atoms with Crippen LogP contribution in [0.1, 0.15) is 5.56 Å². The SMILES string of the molecule is COc1ccc2[nH]c(-c3ccco3)c(C#N)c2c1. The second-order valence-electron chi connectivity index (χ2n) is 3.88. The van der Waals surface area contributed by atoms with E-state index >= 15 is 0 Å². The monoisotopic (exact) mass is 238 g/mol. The molecule has 0 spiro atoms. The van der Waals surface area contributed by atoms with Gasteiger partial charge in [0.05, 0.1) is 18.9 Å². The van der Waals surface area contributed by atoms with Crippen molar-refractivity contribution in [3.05, 3.63) is 42.2 Å². The molecule has 4 nitrogen and oxygen atoms in total. The number of hydrogen-bond acceptors (Lipinski definition) is 3. The van der Waals surface area contributed by atoms with Crippen LogP contribution in [0.5, 0.6) is 5.75 Å². The van der Waals surface area contributed by atoms with Gasteiger partial charge >= 0.3 is 0 Å². The largest absolute Gasteiger partial charge is 0.497 e. The third kappa shape index (κ3) is 1.45. The van der Waals surface area contributed by atoms with Crippen LogP contribution in [0, 0.1) is 11.3 Å². The van der Waals surface area contributed by atoms with Crippen molar-refractivity contribution in [2.75, 3.05) is 7.11 Å². The van der Waals surface area contributed by atoms with Crippen LogP contribution in [0.3, 0.4) is 0 Å². The van der Waals surface area contributed by atoms with Crippen LogP contribution in [0.15, 0.2) is 41.0 Å². The lowest BCUT2D eigenvalue weighted by molar-refractivity contribution is 0.415. The summed E-state index contributed by atoms with van der Waals surface area (Å²) in [6.07, 6.45) is 1.59. The fourth-order valence-electron chi connectivity index (χ4n) is 2.02. The van der Waals surface area contributed by atoms with Crippen molar-refractivity contribution in [2.24, 2.45) is 0 Å². The van der Waals surface area contributed by atoms with Crippen molar-refractivity contribution in [1.82, 2.24) is 4.98 Å². The Morgan fingerprint density at radius 3 is 2.89 bits per heavy atom. The van der Waals surface area contributed by atoms with Gasteiger partial charge in [0.25, 0.3) is 0 Å². The fraction of sp³-hybridized carbons (Fsp3) is 0.0714. The summed E-state index contributed by atoms with van der Waals surface area (Å²) in [5.74, 6) is 1.38. The first-order chi connectivity index (χ1) is 8.83. The number of nitriles is 1. The first kappa shape index (κ1) is 10.5. The van der Waals surface area contributed by atoms with Crippen LogP contribution in [0.4, 0.5) is 0 Å². The molecule has 0 aliphatic heterocycles. The number of nitrogens with one attached hydrogen (secondary N) is 1. The van der Waals surface area contributed by atoms with E-state index in [1.807, 2.05) is 24.3 Å². The van der Waals surface area contributed by atoms with E-state index in [0.29, 0.717) is 17.0 Å². The molecule has 2 heterocycles. The zero-order valence-corrected chi connectivity index (χ0v) is 9.73. The van der Waals surface area contributed by atoms with Gasteiger partial charge in [-0.2, -0.15) is 5.26 Å². The van der Waals surface area contributed by atoms with Crippen LogP contribution >= 0.6 is 0 Å². The van der Waals surface area contributed by atoms with Crippen LogP contribution in [0.2, 0.25) is 0 Å². The minimum Gasteiger partial charge on any atom is -0.497 e. The predicted molar refractivity (Wildman–Crippen MR) is 67.3 cm³/mol. The maximum atomic E-state index is 9.32. The van der Waals surface area contributed by atoms with Crippen LogP contribution in [-0.2, 0) is 0 Å². The maximum absolute atomic E-state index is 9.32. The molecule has 1 aromatic carbocycles. The molecule has 0 saturated heterocycles. The van der Waals surface area contributed by atoms with E-state index in [1.54, 1.807) is 19.4 Å². The number of nitrogens with zero attached hydrogens (tertiary/aromatic N) is 1. The zero-order chi connectivity index (χ0) is 12.5. The van der Waals surface area contributed by atoms with Crippen molar-refractivity contribution < 1.29 is 9.15 Å². The first-order valence-corrected chi connectivity index (χ1v) is 5.47. The number of aromatic amines is 1. The molecule has 0 aliphatic carbocycles. The van der Waals surface area contributed by atoms with Gasteiger partial charge in [-0.15, -0.1) is 0 Å². The maximum Gasteiger partial charge on any atom is 0.151 e. The second kappa shape index (κ2) is 3.97. The number of hydrogen-bond donors (Lipinski definition) is 1. The van der Waals surface area contributed by atoms with E-state index in [0.717, 1.165) is 16.7 Å². The lowest BCUT2D eigenvalue weighted by Gasteiger charge is -1.98. The van der Waals surface area contributed by atoms with E-state index in [2.05, 4.69) is 11.1 Å². The van der Waals surface area contributed by atoms with Gasteiger partial charge in [0.15, 0.2) is 5.76 Å². The van der Waals surface area contributed by atoms with E-state index in [9.17, 15) is 5.26 Å². The molecule has 88 valence electrons. The molecular weight excluding hydrogens is 228 g/mol. The quantitative estimate of drug-likeness (QED) is 0.745. The van der Waals surface area contributed by atoms with Gasteiger partial charge in [0, 0.05) is 10.9 Å². The first-order valence-electron chi connectivity index (χ1n) is 5.47. The summed E-state index contributed by atoms with van der Waals surface area (Å²) in [6, 6.07) is 11.4. The zero-order valence-electron chi connectivity index (χ0n) is 9.73. The number of benzene rings is 1. The van der Waals surface area contributed by atoms with E-state index in [-0.39, 0.29) is 0 Å². The molecule has 0 bridgehead atoms. The Labute approximate surface area is 103 Å². The number of H-pyrrole nitrogens is 1. The molecule has 4 heteroatoms. The smallest absolute Gasteiger partial charge is 0.151 e. The van der Waals surface area contributed by atoms with Crippen molar-refractivity contribution in [3.8, 4) is 23.3 Å². The summed E-state index contributed by atoms with van der Waals surface area (Å²) in [6.45, 7) is 0. The molecule has 0 saturated carbocycles. The molecule has 0 amide bonds. The third-order valence-electron chi connectivity index (χ3n) is 2.89. The van der Waals surface area contributed by atoms with Crippen LogP contribution in [0.25, 0.3) is 22.4 Å². The molecule has 2 aromatic heterocycles. The molecule has 3 rings (SSSR count). The number of ether oxygens (including phenoxy) is 1. The Hall–Kier alpha value is -2.67. The molecule has 0 radical (unpaired) electrons. The third-order valence-corrected chi connectivity index (χ3v) is 2.89. The summed E-state index contributed by atoms with van der Waals surface area (Å²) in [4.78, 5) is 3.20. The molecule has 0 aliphatic rings. The Kier molecular flexibility index (Phi) is 2.31. The molecule has 18 heavy (non-hydrogen) atoms. The Balaban J connectivity index is 2.31. The number of rotatable bonds is 2. The highest BCUT2D eigenvalue weighted by Gasteiger charge is 2.15. The van der Waals surface area contributed by atoms with Gasteiger partial charge in [-0.05, 0) is 30.3 Å². The molecule has 0 unspecified atom stereocenters. The Bertz CT molecular complexity index is 733. The average molecular weight is 238 g/mol. The van der Waals surface area contributed by atoms with Gasteiger partial charge in [-0.1, -0.05) is 0 Å².